The summed E-state index contributed by atoms with van der Waals surface area (Å²) in [6.07, 6.45) is 0. The molecule has 0 radical (unpaired) electrons. The van der Waals surface area contributed by atoms with Crippen molar-refractivity contribution in [1.82, 2.24) is 9.97 Å². The Balaban J connectivity index is 1.86. The van der Waals surface area contributed by atoms with Gasteiger partial charge in [0.05, 0.1) is 5.69 Å². The highest BCUT2D eigenvalue weighted by Gasteiger charge is 2.07. The van der Waals surface area contributed by atoms with Crippen LogP contribution in [0.15, 0.2) is 48.5 Å². The van der Waals surface area contributed by atoms with Gasteiger partial charge < -0.3 is 10.6 Å². The first-order valence-corrected chi connectivity index (χ1v) is 7.41. The zero-order valence-corrected chi connectivity index (χ0v) is 13.3. The summed E-state index contributed by atoms with van der Waals surface area (Å²) < 4.78 is 26.8. The minimum absolute atomic E-state index is 0.149. The third kappa shape index (κ3) is 3.84. The Bertz CT molecular complexity index is 881. The minimum atomic E-state index is -0.681. The third-order valence-corrected chi connectivity index (χ3v) is 3.32. The first kappa shape index (κ1) is 15.9. The summed E-state index contributed by atoms with van der Waals surface area (Å²) in [5.41, 5.74) is 2.17. The fraction of sp³-hybridized carbons (Fsp3) is 0.111. The fourth-order valence-electron chi connectivity index (χ4n) is 2.30. The van der Waals surface area contributed by atoms with E-state index in [1.165, 1.54) is 12.1 Å². The molecule has 2 N–H and O–H groups in total. The van der Waals surface area contributed by atoms with Crippen LogP contribution in [0, 0.1) is 25.5 Å². The number of halogens is 2. The molecule has 0 bridgehead atoms. The second-order valence-corrected chi connectivity index (χ2v) is 5.43. The average molecular weight is 326 g/mol. The molecule has 6 heteroatoms. The summed E-state index contributed by atoms with van der Waals surface area (Å²) in [7, 11) is 0. The smallest absolute Gasteiger partial charge is 0.149 e. The van der Waals surface area contributed by atoms with E-state index in [1.807, 2.05) is 31.2 Å². The molecule has 0 amide bonds. The quantitative estimate of drug-likeness (QED) is 0.719. The zero-order valence-electron chi connectivity index (χ0n) is 13.3. The molecule has 122 valence electrons. The summed E-state index contributed by atoms with van der Waals surface area (Å²) in [4.78, 5) is 8.55. The Hall–Kier alpha value is -3.02. The van der Waals surface area contributed by atoms with Crippen LogP contribution in [-0.2, 0) is 0 Å². The summed E-state index contributed by atoms with van der Waals surface area (Å²) in [6.45, 7) is 3.74. The van der Waals surface area contributed by atoms with Crippen molar-refractivity contribution in [3.63, 3.8) is 0 Å². The second kappa shape index (κ2) is 6.62. The van der Waals surface area contributed by atoms with Crippen LogP contribution in [-0.4, -0.2) is 9.97 Å². The van der Waals surface area contributed by atoms with Crippen molar-refractivity contribution in [2.24, 2.45) is 0 Å². The zero-order chi connectivity index (χ0) is 17.1. The van der Waals surface area contributed by atoms with Gasteiger partial charge in [-0.05, 0) is 43.7 Å². The minimum Gasteiger partial charge on any atom is -0.340 e. The van der Waals surface area contributed by atoms with Gasteiger partial charge in [0.2, 0.25) is 0 Å². The van der Waals surface area contributed by atoms with Gasteiger partial charge in [-0.2, -0.15) is 0 Å². The summed E-state index contributed by atoms with van der Waals surface area (Å²) in [6, 6.07) is 12.9. The maximum absolute atomic E-state index is 13.8. The van der Waals surface area contributed by atoms with E-state index in [2.05, 4.69) is 20.6 Å². The molecule has 2 aromatic carbocycles. The third-order valence-electron chi connectivity index (χ3n) is 3.32. The predicted octanol–water partition coefficient (Wildman–Crippen LogP) is 4.86. The number of hydrogen-bond donors (Lipinski definition) is 2. The number of anilines is 4. The lowest BCUT2D eigenvalue weighted by Crippen LogP contribution is -2.02. The Kier molecular flexibility index (Phi) is 4.37. The van der Waals surface area contributed by atoms with E-state index in [9.17, 15) is 8.78 Å². The highest BCUT2D eigenvalue weighted by atomic mass is 19.1. The number of rotatable bonds is 4. The first-order valence-electron chi connectivity index (χ1n) is 7.41. The van der Waals surface area contributed by atoms with Crippen LogP contribution in [0.4, 0.5) is 31.8 Å². The molecule has 3 aromatic rings. The lowest BCUT2D eigenvalue weighted by atomic mass is 10.2. The number of hydrogen-bond acceptors (Lipinski definition) is 4. The fourth-order valence-corrected chi connectivity index (χ4v) is 2.30. The molecular weight excluding hydrogens is 310 g/mol. The van der Waals surface area contributed by atoms with Crippen molar-refractivity contribution in [2.45, 2.75) is 13.8 Å². The van der Waals surface area contributed by atoms with Crippen molar-refractivity contribution in [3.8, 4) is 0 Å². The van der Waals surface area contributed by atoms with Crippen LogP contribution in [0.2, 0.25) is 0 Å². The van der Waals surface area contributed by atoms with Crippen LogP contribution < -0.4 is 10.6 Å². The predicted molar refractivity (Wildman–Crippen MR) is 90.9 cm³/mol. The van der Waals surface area contributed by atoms with Crippen molar-refractivity contribution >= 4 is 23.0 Å². The molecule has 0 unspecified atom stereocenters. The van der Waals surface area contributed by atoms with Gasteiger partial charge in [0.15, 0.2) is 0 Å². The van der Waals surface area contributed by atoms with E-state index >= 15 is 0 Å². The largest absolute Gasteiger partial charge is 0.340 e. The molecule has 1 heterocycles. The lowest BCUT2D eigenvalue weighted by molar-refractivity contribution is 0.586. The number of nitrogens with zero attached hydrogens (tertiary/aromatic N) is 2. The number of aryl methyl sites for hydroxylation is 2. The molecule has 0 fully saturated rings. The second-order valence-electron chi connectivity index (χ2n) is 5.43. The van der Waals surface area contributed by atoms with E-state index < -0.39 is 11.6 Å². The van der Waals surface area contributed by atoms with Crippen LogP contribution in [0.1, 0.15) is 11.4 Å². The molecule has 0 aliphatic rings. The molecule has 4 nitrogen and oxygen atoms in total. The normalized spacial score (nSPS) is 10.5. The standard InChI is InChI=1S/C18H16F2N4/c1-11-4-3-5-14(8-11)23-17-10-18(22-12(2)21-17)24-16-7-6-13(19)9-15(16)20/h3-10H,1-2H3,(H2,21,22,23,24). The molecule has 0 aliphatic heterocycles. The van der Waals surface area contributed by atoms with Crippen molar-refractivity contribution in [2.75, 3.05) is 10.6 Å². The van der Waals surface area contributed by atoms with Crippen molar-refractivity contribution in [1.29, 1.82) is 0 Å². The van der Waals surface area contributed by atoms with Crippen molar-refractivity contribution < 1.29 is 8.78 Å². The van der Waals surface area contributed by atoms with E-state index in [-0.39, 0.29) is 5.69 Å². The summed E-state index contributed by atoms with van der Waals surface area (Å²) in [5.74, 6) is 0.220. The van der Waals surface area contributed by atoms with Crippen LogP contribution in [0.25, 0.3) is 0 Å². The maximum atomic E-state index is 13.8. The first-order chi connectivity index (χ1) is 11.5. The van der Waals surface area contributed by atoms with Gasteiger partial charge in [0.1, 0.15) is 29.1 Å². The van der Waals surface area contributed by atoms with E-state index in [4.69, 9.17) is 0 Å². The van der Waals surface area contributed by atoms with Gasteiger partial charge in [0.25, 0.3) is 0 Å². The molecular formula is C18H16F2N4. The van der Waals surface area contributed by atoms with Gasteiger partial charge in [-0.1, -0.05) is 12.1 Å². The van der Waals surface area contributed by atoms with Crippen LogP contribution in [0.3, 0.4) is 0 Å². The molecule has 0 saturated heterocycles. The molecule has 24 heavy (non-hydrogen) atoms. The van der Waals surface area contributed by atoms with Crippen LogP contribution in [0.5, 0.6) is 0 Å². The molecule has 0 atom stereocenters. The van der Waals surface area contributed by atoms with E-state index in [1.54, 1.807) is 13.0 Å². The molecule has 3 rings (SSSR count). The number of benzene rings is 2. The van der Waals surface area contributed by atoms with Gasteiger partial charge in [-0.25, -0.2) is 18.7 Å². The van der Waals surface area contributed by atoms with E-state index in [0.717, 1.165) is 17.3 Å². The average Bonchev–Trinajstić information content (AvgIpc) is 2.49. The maximum Gasteiger partial charge on any atom is 0.149 e. The van der Waals surface area contributed by atoms with Gasteiger partial charge in [-0.3, -0.25) is 0 Å². The highest BCUT2D eigenvalue weighted by molar-refractivity contribution is 5.63. The topological polar surface area (TPSA) is 49.8 Å². The van der Waals surface area contributed by atoms with Gasteiger partial charge >= 0.3 is 0 Å². The monoisotopic (exact) mass is 326 g/mol. The van der Waals surface area contributed by atoms with Crippen molar-refractivity contribution in [3.05, 3.63) is 71.6 Å². The highest BCUT2D eigenvalue weighted by Crippen LogP contribution is 2.23. The molecule has 1 aromatic heterocycles. The van der Waals surface area contributed by atoms with E-state index in [0.29, 0.717) is 17.5 Å². The van der Waals surface area contributed by atoms with Crippen LogP contribution >= 0.6 is 0 Å². The SMILES string of the molecule is Cc1cccc(Nc2cc(Nc3ccc(F)cc3F)nc(C)n2)c1. The molecule has 0 spiro atoms. The summed E-state index contributed by atoms with van der Waals surface area (Å²) in [5, 5.41) is 6.04. The van der Waals surface area contributed by atoms with Gasteiger partial charge in [-0.15, -0.1) is 0 Å². The Morgan fingerprint density at radius 2 is 1.58 bits per heavy atom. The Morgan fingerprint density at radius 3 is 2.29 bits per heavy atom. The molecule has 0 aliphatic carbocycles. The Morgan fingerprint density at radius 1 is 0.833 bits per heavy atom. The summed E-state index contributed by atoms with van der Waals surface area (Å²) >= 11 is 0. The molecule has 0 saturated carbocycles. The van der Waals surface area contributed by atoms with Gasteiger partial charge in [0, 0.05) is 17.8 Å². The number of nitrogens with one attached hydrogen (secondary N) is 2. The Labute approximate surface area is 138 Å². The number of aromatic nitrogens is 2. The lowest BCUT2D eigenvalue weighted by Gasteiger charge is -2.11.